The van der Waals surface area contributed by atoms with E-state index in [4.69, 9.17) is 4.74 Å². The Hall–Kier alpha value is -1.55. The minimum atomic E-state index is -0.452. The molecule has 0 aromatic heterocycles. The molecule has 0 radical (unpaired) electrons. The third-order valence-electron chi connectivity index (χ3n) is 4.20. The zero-order valence-electron chi connectivity index (χ0n) is 14.8. The summed E-state index contributed by atoms with van der Waals surface area (Å²) in [4.78, 5) is 11.8. The van der Waals surface area contributed by atoms with Gasteiger partial charge in [0.15, 0.2) is 0 Å². The Balaban J connectivity index is 1.80. The van der Waals surface area contributed by atoms with Crippen molar-refractivity contribution in [2.24, 2.45) is 0 Å². The van der Waals surface area contributed by atoms with Gasteiger partial charge in [-0.25, -0.2) is 4.79 Å². The molecule has 1 aromatic carbocycles. The summed E-state index contributed by atoms with van der Waals surface area (Å²) in [6.45, 7) is 8.37. The van der Waals surface area contributed by atoms with Gasteiger partial charge >= 0.3 is 6.09 Å². The van der Waals surface area contributed by atoms with Crippen LogP contribution in [0, 0.1) is 0 Å². The Morgan fingerprint density at radius 3 is 2.65 bits per heavy atom. The Kier molecular flexibility index (Phi) is 6.05. The Labute approximate surface area is 140 Å². The van der Waals surface area contributed by atoms with Gasteiger partial charge in [0.05, 0.1) is 0 Å². The average Bonchev–Trinajstić information content (AvgIpc) is 2.49. The standard InChI is InChI=1S/C19H30N2O2/c1-5-16(13-20-18(22)23-19(2,3)4)21-17-11-10-14-8-6-7-9-15(14)12-17/h6-9,16-17,21H,5,10-13H2,1-4H3,(H,20,22). The monoisotopic (exact) mass is 318 g/mol. The van der Waals surface area contributed by atoms with E-state index in [0.717, 1.165) is 25.7 Å². The summed E-state index contributed by atoms with van der Waals surface area (Å²) in [5, 5.41) is 6.57. The van der Waals surface area contributed by atoms with Gasteiger partial charge in [0.25, 0.3) is 0 Å². The van der Waals surface area contributed by atoms with Crippen LogP contribution in [-0.4, -0.2) is 30.3 Å². The fraction of sp³-hybridized carbons (Fsp3) is 0.632. The average molecular weight is 318 g/mol. The number of hydrogen-bond acceptors (Lipinski definition) is 3. The predicted octanol–water partition coefficient (Wildman–Crippen LogP) is 3.44. The number of ether oxygens (including phenoxy) is 1. The van der Waals surface area contributed by atoms with Crippen LogP contribution < -0.4 is 10.6 Å². The van der Waals surface area contributed by atoms with Gasteiger partial charge in [-0.05, 0) is 57.6 Å². The smallest absolute Gasteiger partial charge is 0.407 e. The van der Waals surface area contributed by atoms with Crippen LogP contribution in [0.2, 0.25) is 0 Å². The zero-order valence-corrected chi connectivity index (χ0v) is 14.8. The van der Waals surface area contributed by atoms with E-state index in [0.29, 0.717) is 12.6 Å². The molecule has 0 heterocycles. The molecule has 1 aromatic rings. The summed E-state index contributed by atoms with van der Waals surface area (Å²) < 4.78 is 5.29. The fourth-order valence-corrected chi connectivity index (χ4v) is 3.02. The third-order valence-corrected chi connectivity index (χ3v) is 4.20. The second-order valence-corrected chi connectivity index (χ2v) is 7.36. The van der Waals surface area contributed by atoms with Gasteiger partial charge < -0.3 is 15.4 Å². The van der Waals surface area contributed by atoms with Crippen LogP contribution >= 0.6 is 0 Å². The van der Waals surface area contributed by atoms with Gasteiger partial charge in [-0.1, -0.05) is 31.2 Å². The first-order valence-corrected chi connectivity index (χ1v) is 8.67. The first kappa shape index (κ1) is 17.8. The Morgan fingerprint density at radius 2 is 2.00 bits per heavy atom. The molecule has 4 heteroatoms. The van der Waals surface area contributed by atoms with Crippen LogP contribution in [0.1, 0.15) is 51.7 Å². The highest BCUT2D eigenvalue weighted by atomic mass is 16.6. The maximum atomic E-state index is 11.8. The minimum absolute atomic E-state index is 0.276. The topological polar surface area (TPSA) is 50.4 Å². The number of fused-ring (bicyclic) bond motifs is 1. The van der Waals surface area contributed by atoms with E-state index in [1.165, 1.54) is 11.1 Å². The lowest BCUT2D eigenvalue weighted by Crippen LogP contribution is -2.47. The molecule has 2 N–H and O–H groups in total. The molecule has 1 amide bonds. The number of nitrogens with one attached hydrogen (secondary N) is 2. The minimum Gasteiger partial charge on any atom is -0.444 e. The number of benzene rings is 1. The zero-order chi connectivity index (χ0) is 16.9. The van der Waals surface area contributed by atoms with Crippen LogP contribution in [0.15, 0.2) is 24.3 Å². The van der Waals surface area contributed by atoms with E-state index in [1.807, 2.05) is 20.8 Å². The number of carbonyl (C=O) groups is 1. The molecule has 1 aliphatic rings. The van der Waals surface area contributed by atoms with Crippen molar-refractivity contribution in [3.8, 4) is 0 Å². The number of alkyl carbamates (subject to hydrolysis) is 1. The highest BCUT2D eigenvalue weighted by Crippen LogP contribution is 2.21. The second kappa shape index (κ2) is 7.82. The molecule has 1 aliphatic carbocycles. The molecule has 128 valence electrons. The summed E-state index contributed by atoms with van der Waals surface area (Å²) in [7, 11) is 0. The van der Waals surface area contributed by atoms with E-state index in [2.05, 4.69) is 41.8 Å². The van der Waals surface area contributed by atoms with Crippen molar-refractivity contribution in [1.29, 1.82) is 0 Å². The maximum Gasteiger partial charge on any atom is 0.407 e. The maximum absolute atomic E-state index is 11.8. The summed E-state index contributed by atoms with van der Waals surface area (Å²) in [5.74, 6) is 0. The molecule has 4 nitrogen and oxygen atoms in total. The fourth-order valence-electron chi connectivity index (χ4n) is 3.02. The lowest BCUT2D eigenvalue weighted by Gasteiger charge is -2.30. The van der Waals surface area contributed by atoms with E-state index in [9.17, 15) is 4.79 Å². The Morgan fingerprint density at radius 1 is 1.30 bits per heavy atom. The predicted molar refractivity (Wildman–Crippen MR) is 93.7 cm³/mol. The van der Waals surface area contributed by atoms with Gasteiger partial charge in [-0.2, -0.15) is 0 Å². The third kappa shape index (κ3) is 5.87. The van der Waals surface area contributed by atoms with Crippen LogP contribution in [0.25, 0.3) is 0 Å². The molecule has 0 fully saturated rings. The van der Waals surface area contributed by atoms with Crippen LogP contribution in [0.3, 0.4) is 0 Å². The SMILES string of the molecule is CCC(CNC(=O)OC(C)(C)C)NC1CCc2ccccc2C1. The normalized spacial score (nSPS) is 18.9. The first-order chi connectivity index (χ1) is 10.9. The molecule has 0 bridgehead atoms. The summed E-state index contributed by atoms with van der Waals surface area (Å²) in [5.41, 5.74) is 2.48. The van der Waals surface area contributed by atoms with Crippen molar-refractivity contribution in [3.63, 3.8) is 0 Å². The molecule has 2 rings (SSSR count). The van der Waals surface area contributed by atoms with Gasteiger partial charge in [-0.3, -0.25) is 0 Å². The van der Waals surface area contributed by atoms with E-state index < -0.39 is 5.60 Å². The van der Waals surface area contributed by atoms with Crippen molar-refractivity contribution in [2.45, 2.75) is 71.1 Å². The summed E-state index contributed by atoms with van der Waals surface area (Å²) in [6, 6.07) is 9.44. The van der Waals surface area contributed by atoms with Gasteiger partial charge in [0.1, 0.15) is 5.60 Å². The Bertz CT molecular complexity index is 522. The van der Waals surface area contributed by atoms with Crippen molar-refractivity contribution in [3.05, 3.63) is 35.4 Å². The molecule has 0 aliphatic heterocycles. The first-order valence-electron chi connectivity index (χ1n) is 8.67. The molecule has 0 saturated carbocycles. The van der Waals surface area contributed by atoms with Crippen LogP contribution in [0.5, 0.6) is 0 Å². The van der Waals surface area contributed by atoms with Crippen molar-refractivity contribution >= 4 is 6.09 Å². The van der Waals surface area contributed by atoms with Gasteiger partial charge in [0.2, 0.25) is 0 Å². The summed E-state index contributed by atoms with van der Waals surface area (Å²) >= 11 is 0. The molecule has 2 unspecified atom stereocenters. The number of rotatable bonds is 5. The number of aryl methyl sites for hydroxylation is 1. The van der Waals surface area contributed by atoms with Gasteiger partial charge in [-0.15, -0.1) is 0 Å². The number of hydrogen-bond donors (Lipinski definition) is 2. The lowest BCUT2D eigenvalue weighted by atomic mass is 9.88. The molecule has 0 saturated heterocycles. The van der Waals surface area contributed by atoms with Crippen molar-refractivity contribution < 1.29 is 9.53 Å². The quantitative estimate of drug-likeness (QED) is 0.874. The molecular weight excluding hydrogens is 288 g/mol. The largest absolute Gasteiger partial charge is 0.444 e. The van der Waals surface area contributed by atoms with Crippen LogP contribution in [0.4, 0.5) is 4.79 Å². The summed E-state index contributed by atoms with van der Waals surface area (Å²) in [6.07, 6.45) is 3.99. The van der Waals surface area contributed by atoms with Crippen LogP contribution in [-0.2, 0) is 17.6 Å². The molecular formula is C19H30N2O2. The van der Waals surface area contributed by atoms with E-state index in [1.54, 1.807) is 0 Å². The van der Waals surface area contributed by atoms with E-state index in [-0.39, 0.29) is 12.1 Å². The second-order valence-electron chi connectivity index (χ2n) is 7.36. The molecule has 0 spiro atoms. The molecule has 2 atom stereocenters. The number of amides is 1. The van der Waals surface area contributed by atoms with Crippen molar-refractivity contribution in [1.82, 2.24) is 10.6 Å². The molecule has 23 heavy (non-hydrogen) atoms. The van der Waals surface area contributed by atoms with E-state index >= 15 is 0 Å². The van der Waals surface area contributed by atoms with Gasteiger partial charge in [0, 0.05) is 18.6 Å². The number of carbonyl (C=O) groups excluding carboxylic acids is 1. The highest BCUT2D eigenvalue weighted by Gasteiger charge is 2.21. The lowest BCUT2D eigenvalue weighted by molar-refractivity contribution is 0.0521. The van der Waals surface area contributed by atoms with Crippen molar-refractivity contribution in [2.75, 3.05) is 6.54 Å². The highest BCUT2D eigenvalue weighted by molar-refractivity contribution is 5.67.